The summed E-state index contributed by atoms with van der Waals surface area (Å²) in [6.07, 6.45) is 6.39. The summed E-state index contributed by atoms with van der Waals surface area (Å²) in [6, 6.07) is 3.27. The van der Waals surface area contributed by atoms with E-state index in [1.807, 2.05) is 35.8 Å². The lowest BCUT2D eigenvalue weighted by molar-refractivity contribution is 0.608. The van der Waals surface area contributed by atoms with Crippen LogP contribution in [0, 0.1) is 12.7 Å². The molecule has 140 valence electrons. The normalized spacial score (nSPS) is 17.6. The summed E-state index contributed by atoms with van der Waals surface area (Å²) in [5.74, 6) is 0.931. The molecule has 0 aliphatic carbocycles. The highest BCUT2D eigenvalue weighted by atomic mass is 19.1. The van der Waals surface area contributed by atoms with E-state index in [9.17, 15) is 4.39 Å². The van der Waals surface area contributed by atoms with Crippen LogP contribution in [0.1, 0.15) is 18.9 Å². The molecule has 0 amide bonds. The average molecular weight is 359 g/mol. The lowest BCUT2D eigenvalue weighted by Gasteiger charge is -2.19. The van der Waals surface area contributed by atoms with E-state index in [0.717, 1.165) is 37.6 Å². The number of aliphatic imine (C=N–C) groups is 1. The Hall–Kier alpha value is -2.64. The van der Waals surface area contributed by atoms with Crippen molar-refractivity contribution in [2.45, 2.75) is 32.9 Å². The highest BCUT2D eigenvalue weighted by Gasteiger charge is 2.25. The van der Waals surface area contributed by atoms with Crippen LogP contribution in [0.15, 0.2) is 35.7 Å². The second-order valence-electron chi connectivity index (χ2n) is 6.43. The minimum Gasteiger partial charge on any atom is -0.357 e. The first-order chi connectivity index (χ1) is 12.7. The number of hydrogen-bond donors (Lipinski definition) is 2. The van der Waals surface area contributed by atoms with Crippen LogP contribution in [0.3, 0.4) is 0 Å². The highest BCUT2D eigenvalue weighted by molar-refractivity contribution is 5.80. The van der Waals surface area contributed by atoms with Gasteiger partial charge in [0.1, 0.15) is 0 Å². The fourth-order valence-corrected chi connectivity index (χ4v) is 3.05. The predicted molar refractivity (Wildman–Crippen MR) is 101 cm³/mol. The molecule has 0 aromatic carbocycles. The van der Waals surface area contributed by atoms with E-state index in [4.69, 9.17) is 0 Å². The number of anilines is 1. The summed E-state index contributed by atoms with van der Waals surface area (Å²) in [5, 5.41) is 11.0. The largest absolute Gasteiger partial charge is 0.357 e. The van der Waals surface area contributed by atoms with Gasteiger partial charge in [0.05, 0.1) is 19.3 Å². The Morgan fingerprint density at radius 2 is 2.35 bits per heavy atom. The number of nitrogens with zero attached hydrogens (tertiary/aromatic N) is 5. The fourth-order valence-electron chi connectivity index (χ4n) is 3.05. The number of halogens is 1. The predicted octanol–water partition coefficient (Wildman–Crippen LogP) is 1.56. The molecule has 0 spiro atoms. The SMILES string of the molecule is CCNC(=NCCn1cc(C)cn1)NC1CCN(c2ncccc2F)C1. The molecule has 3 heterocycles. The molecule has 0 bridgehead atoms. The van der Waals surface area contributed by atoms with E-state index in [0.29, 0.717) is 18.9 Å². The maximum atomic E-state index is 13.9. The molecule has 3 rings (SSSR count). The molecule has 26 heavy (non-hydrogen) atoms. The van der Waals surface area contributed by atoms with Crippen molar-refractivity contribution >= 4 is 11.8 Å². The molecule has 7 nitrogen and oxygen atoms in total. The molecule has 2 aromatic rings. The van der Waals surface area contributed by atoms with E-state index < -0.39 is 0 Å². The number of nitrogens with one attached hydrogen (secondary N) is 2. The van der Waals surface area contributed by atoms with E-state index in [2.05, 4.69) is 25.7 Å². The first kappa shape index (κ1) is 18.2. The average Bonchev–Trinajstić information content (AvgIpc) is 3.25. The number of hydrogen-bond acceptors (Lipinski definition) is 4. The van der Waals surface area contributed by atoms with Gasteiger partial charge in [-0.1, -0.05) is 0 Å². The van der Waals surface area contributed by atoms with Gasteiger partial charge in [-0.3, -0.25) is 9.67 Å². The zero-order valence-corrected chi connectivity index (χ0v) is 15.3. The number of aromatic nitrogens is 3. The first-order valence-corrected chi connectivity index (χ1v) is 9.05. The van der Waals surface area contributed by atoms with Crippen molar-refractivity contribution in [3.8, 4) is 0 Å². The minimum atomic E-state index is -0.275. The Morgan fingerprint density at radius 1 is 1.46 bits per heavy atom. The molecule has 2 aromatic heterocycles. The fraction of sp³-hybridized carbons (Fsp3) is 0.500. The van der Waals surface area contributed by atoms with Crippen LogP contribution in [-0.2, 0) is 6.54 Å². The monoisotopic (exact) mass is 359 g/mol. The third-order valence-electron chi connectivity index (χ3n) is 4.27. The molecule has 1 aliphatic heterocycles. The van der Waals surface area contributed by atoms with Gasteiger partial charge in [0.25, 0.3) is 0 Å². The lowest BCUT2D eigenvalue weighted by atomic mass is 10.3. The zero-order valence-electron chi connectivity index (χ0n) is 15.3. The van der Waals surface area contributed by atoms with Crippen molar-refractivity contribution in [1.82, 2.24) is 25.4 Å². The van der Waals surface area contributed by atoms with Crippen LogP contribution in [0.2, 0.25) is 0 Å². The van der Waals surface area contributed by atoms with Crippen molar-refractivity contribution in [3.05, 3.63) is 42.1 Å². The van der Waals surface area contributed by atoms with E-state index in [-0.39, 0.29) is 11.9 Å². The highest BCUT2D eigenvalue weighted by Crippen LogP contribution is 2.20. The van der Waals surface area contributed by atoms with Crippen LogP contribution in [0.5, 0.6) is 0 Å². The summed E-state index contributed by atoms with van der Waals surface area (Å²) in [4.78, 5) is 10.8. The third-order valence-corrected chi connectivity index (χ3v) is 4.27. The molecule has 1 fully saturated rings. The molecular formula is C18H26FN7. The Balaban J connectivity index is 1.54. The van der Waals surface area contributed by atoms with Gasteiger partial charge < -0.3 is 15.5 Å². The van der Waals surface area contributed by atoms with Crippen LogP contribution in [-0.4, -0.2) is 52.9 Å². The summed E-state index contributed by atoms with van der Waals surface area (Å²) in [5.41, 5.74) is 1.15. The topological polar surface area (TPSA) is 70.4 Å². The van der Waals surface area contributed by atoms with E-state index in [1.54, 1.807) is 12.3 Å². The maximum absolute atomic E-state index is 13.9. The molecular weight excluding hydrogens is 333 g/mol. The van der Waals surface area contributed by atoms with Crippen LogP contribution in [0.25, 0.3) is 0 Å². The van der Waals surface area contributed by atoms with E-state index in [1.165, 1.54) is 6.07 Å². The first-order valence-electron chi connectivity index (χ1n) is 9.05. The lowest BCUT2D eigenvalue weighted by Crippen LogP contribution is -2.44. The van der Waals surface area contributed by atoms with Crippen molar-refractivity contribution < 1.29 is 4.39 Å². The Kier molecular flexibility index (Phi) is 6.04. The second-order valence-corrected chi connectivity index (χ2v) is 6.43. The molecule has 1 aliphatic rings. The van der Waals surface area contributed by atoms with Crippen LogP contribution < -0.4 is 15.5 Å². The maximum Gasteiger partial charge on any atom is 0.191 e. The zero-order chi connectivity index (χ0) is 18.4. The minimum absolute atomic E-state index is 0.209. The van der Waals surface area contributed by atoms with Crippen LogP contribution in [0.4, 0.5) is 10.2 Å². The number of aryl methyl sites for hydroxylation is 1. The Bertz CT molecular complexity index is 743. The summed E-state index contributed by atoms with van der Waals surface area (Å²) in [6.45, 7) is 7.71. The summed E-state index contributed by atoms with van der Waals surface area (Å²) >= 11 is 0. The number of guanidine groups is 1. The van der Waals surface area contributed by atoms with E-state index >= 15 is 0 Å². The van der Waals surface area contributed by atoms with Gasteiger partial charge in [-0.2, -0.15) is 5.10 Å². The van der Waals surface area contributed by atoms with Gasteiger partial charge in [-0.25, -0.2) is 9.37 Å². The van der Waals surface area contributed by atoms with Crippen molar-refractivity contribution in [2.24, 2.45) is 4.99 Å². The van der Waals surface area contributed by atoms with Crippen molar-refractivity contribution in [1.29, 1.82) is 0 Å². The van der Waals surface area contributed by atoms with Crippen molar-refractivity contribution in [2.75, 3.05) is 31.1 Å². The van der Waals surface area contributed by atoms with Crippen LogP contribution >= 0.6 is 0 Å². The summed E-state index contributed by atoms with van der Waals surface area (Å²) in [7, 11) is 0. The quantitative estimate of drug-likeness (QED) is 0.605. The van der Waals surface area contributed by atoms with Gasteiger partial charge in [0.15, 0.2) is 17.6 Å². The Labute approximate surface area is 153 Å². The smallest absolute Gasteiger partial charge is 0.191 e. The van der Waals surface area contributed by atoms with Gasteiger partial charge in [-0.15, -0.1) is 0 Å². The molecule has 1 saturated heterocycles. The van der Waals surface area contributed by atoms with Gasteiger partial charge in [0, 0.05) is 38.1 Å². The van der Waals surface area contributed by atoms with Gasteiger partial charge in [0.2, 0.25) is 0 Å². The number of rotatable bonds is 6. The molecule has 2 N–H and O–H groups in total. The second kappa shape index (κ2) is 8.64. The standard InChI is InChI=1S/C18H26FN7/c1-3-20-18(22-8-10-26-12-14(2)11-23-26)24-15-6-9-25(13-15)17-16(19)5-4-7-21-17/h4-5,7,11-12,15H,3,6,8-10,13H2,1-2H3,(H2,20,22,24). The summed E-state index contributed by atoms with van der Waals surface area (Å²) < 4.78 is 15.8. The molecule has 1 unspecified atom stereocenters. The number of pyridine rings is 1. The third kappa shape index (κ3) is 4.71. The molecule has 0 radical (unpaired) electrons. The molecule has 1 atom stereocenters. The van der Waals surface area contributed by atoms with Crippen molar-refractivity contribution in [3.63, 3.8) is 0 Å². The molecule has 8 heteroatoms. The Morgan fingerprint density at radius 3 is 3.08 bits per heavy atom. The van der Waals surface area contributed by atoms with Gasteiger partial charge >= 0.3 is 0 Å². The molecule has 0 saturated carbocycles. The van der Waals surface area contributed by atoms with Gasteiger partial charge in [-0.05, 0) is 38.0 Å².